The molecular weight excluding hydrogens is 419 g/mol. The predicted molar refractivity (Wildman–Crippen MR) is 119 cm³/mol. The molecule has 2 aromatic carbocycles. The minimum absolute atomic E-state index is 0.158. The van der Waals surface area contributed by atoms with E-state index in [9.17, 15) is 13.2 Å². The number of nitrogens with one attached hydrogen (secondary N) is 1. The van der Waals surface area contributed by atoms with Crippen LogP contribution in [0.4, 0.5) is 18.9 Å². The molecule has 32 heavy (non-hydrogen) atoms. The fourth-order valence-corrected chi connectivity index (χ4v) is 3.84. The van der Waals surface area contributed by atoms with Gasteiger partial charge in [-0.1, -0.05) is 25.5 Å². The SMILES string of the molecule is CCCCOC1c2cc(NCC)ccc2OC(C)(C)C1OCc1ccc(C(F)(F)F)cc1. The molecule has 0 saturated carbocycles. The number of halogens is 3. The van der Waals surface area contributed by atoms with Crippen LogP contribution < -0.4 is 10.1 Å². The minimum Gasteiger partial charge on any atom is -0.485 e. The summed E-state index contributed by atoms with van der Waals surface area (Å²) in [6, 6.07) is 11.0. The van der Waals surface area contributed by atoms with E-state index in [0.717, 1.165) is 48.5 Å². The summed E-state index contributed by atoms with van der Waals surface area (Å²) in [5.41, 5.74) is 1.19. The maximum atomic E-state index is 12.9. The molecule has 3 rings (SSSR count). The Morgan fingerprint density at radius 2 is 1.75 bits per heavy atom. The van der Waals surface area contributed by atoms with Crippen molar-refractivity contribution in [1.29, 1.82) is 0 Å². The van der Waals surface area contributed by atoms with Gasteiger partial charge in [0.15, 0.2) is 0 Å². The minimum atomic E-state index is -4.36. The maximum absolute atomic E-state index is 12.9. The zero-order valence-corrected chi connectivity index (χ0v) is 19.1. The summed E-state index contributed by atoms with van der Waals surface area (Å²) in [5, 5.41) is 3.31. The third kappa shape index (κ3) is 5.75. The highest BCUT2D eigenvalue weighted by Crippen LogP contribution is 2.44. The van der Waals surface area contributed by atoms with Gasteiger partial charge in [0.2, 0.25) is 0 Å². The zero-order chi connectivity index (χ0) is 23.4. The molecule has 0 radical (unpaired) electrons. The van der Waals surface area contributed by atoms with E-state index in [2.05, 4.69) is 12.2 Å². The number of benzene rings is 2. The van der Waals surface area contributed by atoms with Crippen molar-refractivity contribution in [3.63, 3.8) is 0 Å². The number of alkyl halides is 3. The standard InChI is InChI=1S/C25H32F3NO3/c1-5-7-14-30-22-20-15-19(29-6-2)12-13-21(20)32-24(3,4)23(22)31-16-17-8-10-18(11-9-17)25(26,27)28/h8-13,15,22-23,29H,5-7,14,16H2,1-4H3. The van der Waals surface area contributed by atoms with Crippen molar-refractivity contribution in [2.24, 2.45) is 0 Å². The lowest BCUT2D eigenvalue weighted by Crippen LogP contribution is -2.51. The van der Waals surface area contributed by atoms with Gasteiger partial charge >= 0.3 is 6.18 Å². The fourth-order valence-electron chi connectivity index (χ4n) is 3.84. The van der Waals surface area contributed by atoms with Gasteiger partial charge in [-0.2, -0.15) is 13.2 Å². The Morgan fingerprint density at radius 1 is 1.03 bits per heavy atom. The molecule has 2 unspecified atom stereocenters. The number of anilines is 1. The summed E-state index contributed by atoms with van der Waals surface area (Å²) in [6.45, 7) is 9.56. The third-order valence-electron chi connectivity index (χ3n) is 5.54. The van der Waals surface area contributed by atoms with E-state index in [0.29, 0.717) is 12.2 Å². The lowest BCUT2D eigenvalue weighted by Gasteiger charge is -2.44. The summed E-state index contributed by atoms with van der Waals surface area (Å²) in [7, 11) is 0. The third-order valence-corrected chi connectivity index (χ3v) is 5.54. The van der Waals surface area contributed by atoms with Crippen molar-refractivity contribution >= 4 is 5.69 Å². The number of unbranched alkanes of at least 4 members (excludes halogenated alkanes) is 1. The average molecular weight is 452 g/mol. The van der Waals surface area contributed by atoms with Crippen molar-refractivity contribution in [3.8, 4) is 5.75 Å². The van der Waals surface area contributed by atoms with Crippen LogP contribution >= 0.6 is 0 Å². The van der Waals surface area contributed by atoms with Crippen LogP contribution in [0.25, 0.3) is 0 Å². The van der Waals surface area contributed by atoms with Crippen LogP contribution in [0.2, 0.25) is 0 Å². The zero-order valence-electron chi connectivity index (χ0n) is 19.1. The number of hydrogen-bond donors (Lipinski definition) is 1. The topological polar surface area (TPSA) is 39.7 Å². The van der Waals surface area contributed by atoms with Gasteiger partial charge < -0.3 is 19.5 Å². The quantitative estimate of drug-likeness (QED) is 0.428. The van der Waals surface area contributed by atoms with Gasteiger partial charge in [0.05, 0.1) is 12.2 Å². The summed E-state index contributed by atoms with van der Waals surface area (Å²) in [4.78, 5) is 0. The lowest BCUT2D eigenvalue weighted by atomic mass is 9.87. The highest BCUT2D eigenvalue weighted by atomic mass is 19.4. The fraction of sp³-hybridized carbons (Fsp3) is 0.520. The second-order valence-corrected chi connectivity index (χ2v) is 8.56. The Labute approximate surface area is 188 Å². The average Bonchev–Trinajstić information content (AvgIpc) is 2.73. The Balaban J connectivity index is 1.84. The number of hydrogen-bond acceptors (Lipinski definition) is 4. The molecule has 0 aliphatic carbocycles. The molecule has 0 amide bonds. The normalized spacial score (nSPS) is 19.8. The predicted octanol–water partition coefficient (Wildman–Crippen LogP) is 6.75. The second kappa shape index (κ2) is 10.1. The van der Waals surface area contributed by atoms with E-state index in [1.165, 1.54) is 12.1 Å². The van der Waals surface area contributed by atoms with Gasteiger partial charge in [0, 0.05) is 24.4 Å². The molecule has 1 N–H and O–H groups in total. The Morgan fingerprint density at radius 3 is 2.38 bits per heavy atom. The lowest BCUT2D eigenvalue weighted by molar-refractivity contribution is -0.167. The first-order valence-corrected chi connectivity index (χ1v) is 11.1. The Bertz CT molecular complexity index is 881. The van der Waals surface area contributed by atoms with Gasteiger partial charge in [-0.3, -0.25) is 0 Å². The molecule has 0 aromatic heterocycles. The monoisotopic (exact) mass is 451 g/mol. The smallest absolute Gasteiger partial charge is 0.416 e. The molecule has 1 aliphatic heterocycles. The molecule has 0 fully saturated rings. The molecule has 2 aromatic rings. The van der Waals surface area contributed by atoms with E-state index in [-0.39, 0.29) is 12.7 Å². The molecule has 2 atom stereocenters. The number of rotatable bonds is 9. The highest BCUT2D eigenvalue weighted by molar-refractivity contribution is 5.53. The molecule has 176 valence electrons. The van der Waals surface area contributed by atoms with E-state index < -0.39 is 23.4 Å². The van der Waals surface area contributed by atoms with Crippen LogP contribution in [-0.4, -0.2) is 24.9 Å². The van der Waals surface area contributed by atoms with Gasteiger partial charge in [0.1, 0.15) is 23.6 Å². The van der Waals surface area contributed by atoms with E-state index >= 15 is 0 Å². The molecule has 1 heterocycles. The van der Waals surface area contributed by atoms with Crippen LogP contribution in [0, 0.1) is 0 Å². The second-order valence-electron chi connectivity index (χ2n) is 8.56. The summed E-state index contributed by atoms with van der Waals surface area (Å²) in [6.07, 6.45) is -3.22. The molecular formula is C25H32F3NO3. The Kier molecular flexibility index (Phi) is 7.72. The van der Waals surface area contributed by atoms with Gasteiger partial charge in [-0.05, 0) is 63.1 Å². The Hall–Kier alpha value is -2.25. The van der Waals surface area contributed by atoms with Gasteiger partial charge in [-0.15, -0.1) is 0 Å². The first-order valence-electron chi connectivity index (χ1n) is 11.1. The molecule has 4 nitrogen and oxygen atoms in total. The number of ether oxygens (including phenoxy) is 3. The molecule has 7 heteroatoms. The molecule has 0 spiro atoms. The largest absolute Gasteiger partial charge is 0.485 e. The van der Waals surface area contributed by atoms with Crippen molar-refractivity contribution < 1.29 is 27.4 Å². The van der Waals surface area contributed by atoms with Crippen LogP contribution in [0.15, 0.2) is 42.5 Å². The summed E-state index contributed by atoms with van der Waals surface area (Å²) in [5.74, 6) is 0.757. The van der Waals surface area contributed by atoms with E-state index in [1.54, 1.807) is 0 Å². The van der Waals surface area contributed by atoms with Gasteiger partial charge in [0.25, 0.3) is 0 Å². The molecule has 0 bridgehead atoms. The molecule has 0 saturated heterocycles. The van der Waals surface area contributed by atoms with Crippen molar-refractivity contribution in [2.75, 3.05) is 18.5 Å². The highest BCUT2D eigenvalue weighted by Gasteiger charge is 2.45. The number of fused-ring (bicyclic) bond motifs is 1. The van der Waals surface area contributed by atoms with E-state index in [4.69, 9.17) is 14.2 Å². The summed E-state index contributed by atoms with van der Waals surface area (Å²) >= 11 is 0. The van der Waals surface area contributed by atoms with Crippen LogP contribution in [0.5, 0.6) is 5.75 Å². The van der Waals surface area contributed by atoms with Crippen LogP contribution in [0.3, 0.4) is 0 Å². The summed E-state index contributed by atoms with van der Waals surface area (Å²) < 4.78 is 57.4. The van der Waals surface area contributed by atoms with Crippen molar-refractivity contribution in [2.45, 2.75) is 71.1 Å². The van der Waals surface area contributed by atoms with Crippen LogP contribution in [-0.2, 0) is 22.3 Å². The first kappa shape index (κ1) is 24.4. The maximum Gasteiger partial charge on any atom is 0.416 e. The first-order chi connectivity index (χ1) is 15.2. The van der Waals surface area contributed by atoms with Crippen LogP contribution in [0.1, 0.15) is 63.3 Å². The van der Waals surface area contributed by atoms with Gasteiger partial charge in [-0.25, -0.2) is 0 Å². The van der Waals surface area contributed by atoms with E-state index in [1.807, 2.05) is 39.0 Å². The van der Waals surface area contributed by atoms with Crippen molar-refractivity contribution in [1.82, 2.24) is 0 Å². The molecule has 1 aliphatic rings. The van der Waals surface area contributed by atoms with Crippen molar-refractivity contribution in [3.05, 3.63) is 59.2 Å².